The number of hydrogen-bond acceptors (Lipinski definition) is 3. The molecule has 2 heterocycles. The van der Waals surface area contributed by atoms with Crippen molar-refractivity contribution < 1.29 is 0 Å². The van der Waals surface area contributed by atoms with Crippen LogP contribution in [0, 0.1) is 0 Å². The van der Waals surface area contributed by atoms with Crippen molar-refractivity contribution in [3.05, 3.63) is 28.0 Å². The summed E-state index contributed by atoms with van der Waals surface area (Å²) in [7, 11) is 0. The lowest BCUT2D eigenvalue weighted by Gasteiger charge is -2.24. The summed E-state index contributed by atoms with van der Waals surface area (Å²) < 4.78 is 0. The van der Waals surface area contributed by atoms with E-state index in [1.54, 1.807) is 12.1 Å². The van der Waals surface area contributed by atoms with Gasteiger partial charge in [0.2, 0.25) is 0 Å². The molecule has 76 valence electrons. The molecule has 0 aliphatic carbocycles. The zero-order valence-electron chi connectivity index (χ0n) is 7.56. The number of hydrogen-bond donors (Lipinski definition) is 2. The summed E-state index contributed by atoms with van der Waals surface area (Å²) in [4.78, 5) is 4.23. The van der Waals surface area contributed by atoms with Gasteiger partial charge < -0.3 is 10.6 Å². The summed E-state index contributed by atoms with van der Waals surface area (Å²) in [5.41, 5.74) is 0.825. The zero-order valence-corrected chi connectivity index (χ0v) is 9.07. The summed E-state index contributed by atoms with van der Waals surface area (Å²) in [5, 5.41) is 7.76. The van der Waals surface area contributed by atoms with Gasteiger partial charge in [-0.1, -0.05) is 23.2 Å². The van der Waals surface area contributed by atoms with Crippen LogP contribution >= 0.6 is 23.2 Å². The predicted octanol–water partition coefficient (Wildman–Crippen LogP) is 1.62. The smallest absolute Gasteiger partial charge is 0.129 e. The first-order valence-corrected chi connectivity index (χ1v) is 5.29. The molecule has 3 nitrogen and oxygen atoms in total. The standard InChI is InChI=1S/C9H11Cl2N3/c10-6-1-2-8(11)14-9(6)7-5-12-3-4-13-7/h1-2,7,12-13H,3-5H2. The van der Waals surface area contributed by atoms with E-state index in [1.807, 2.05) is 0 Å². The van der Waals surface area contributed by atoms with Gasteiger partial charge in [-0.25, -0.2) is 4.98 Å². The third-order valence-electron chi connectivity index (χ3n) is 2.21. The summed E-state index contributed by atoms with van der Waals surface area (Å²) in [6, 6.07) is 3.64. The van der Waals surface area contributed by atoms with E-state index in [9.17, 15) is 0 Å². The Hall–Kier alpha value is -0.350. The van der Waals surface area contributed by atoms with Crippen LogP contribution in [0.15, 0.2) is 12.1 Å². The Bertz CT molecular complexity index is 324. The van der Waals surface area contributed by atoms with Crippen molar-refractivity contribution in [1.82, 2.24) is 15.6 Å². The van der Waals surface area contributed by atoms with Gasteiger partial charge in [0.1, 0.15) is 5.15 Å². The van der Waals surface area contributed by atoms with Gasteiger partial charge in [0.15, 0.2) is 0 Å². The minimum atomic E-state index is 0.162. The van der Waals surface area contributed by atoms with E-state index in [4.69, 9.17) is 23.2 Å². The molecule has 0 spiro atoms. The first-order chi connectivity index (χ1) is 6.77. The highest BCUT2D eigenvalue weighted by Crippen LogP contribution is 2.23. The van der Waals surface area contributed by atoms with Crippen LogP contribution in [0.4, 0.5) is 0 Å². The Morgan fingerprint density at radius 2 is 2.14 bits per heavy atom. The van der Waals surface area contributed by atoms with E-state index in [2.05, 4.69) is 15.6 Å². The third kappa shape index (κ3) is 2.17. The molecule has 0 saturated carbocycles. The largest absolute Gasteiger partial charge is 0.314 e. The molecule has 1 aliphatic rings. The van der Waals surface area contributed by atoms with Crippen LogP contribution in [0.2, 0.25) is 10.2 Å². The minimum absolute atomic E-state index is 0.162. The van der Waals surface area contributed by atoms with Crippen molar-refractivity contribution >= 4 is 23.2 Å². The number of nitrogens with zero attached hydrogens (tertiary/aromatic N) is 1. The molecule has 1 aromatic heterocycles. The van der Waals surface area contributed by atoms with Gasteiger partial charge in [0.05, 0.1) is 16.8 Å². The van der Waals surface area contributed by atoms with Gasteiger partial charge in [-0.15, -0.1) is 0 Å². The first-order valence-electron chi connectivity index (χ1n) is 4.53. The van der Waals surface area contributed by atoms with Gasteiger partial charge in [-0.2, -0.15) is 0 Å². The topological polar surface area (TPSA) is 37.0 Å². The molecule has 1 unspecified atom stereocenters. The molecule has 0 bridgehead atoms. The molecule has 1 fully saturated rings. The molecule has 0 aromatic carbocycles. The fraction of sp³-hybridized carbons (Fsp3) is 0.444. The zero-order chi connectivity index (χ0) is 9.97. The molecule has 1 aromatic rings. The molecule has 1 atom stereocenters. The lowest BCUT2D eigenvalue weighted by molar-refractivity contribution is 0.423. The van der Waals surface area contributed by atoms with Crippen LogP contribution in [0.1, 0.15) is 11.7 Å². The number of nitrogens with one attached hydrogen (secondary N) is 2. The molecular formula is C9H11Cl2N3. The number of pyridine rings is 1. The molecule has 0 radical (unpaired) electrons. The number of piperazine rings is 1. The molecule has 1 aliphatic heterocycles. The molecule has 2 N–H and O–H groups in total. The van der Waals surface area contributed by atoms with Gasteiger partial charge in [-0.05, 0) is 12.1 Å². The molecular weight excluding hydrogens is 221 g/mol. The lowest BCUT2D eigenvalue weighted by atomic mass is 10.1. The van der Waals surface area contributed by atoms with Crippen LogP contribution in [0.3, 0.4) is 0 Å². The number of halogens is 2. The second-order valence-electron chi connectivity index (χ2n) is 3.21. The fourth-order valence-corrected chi connectivity index (χ4v) is 1.92. The van der Waals surface area contributed by atoms with Crippen LogP contribution in [-0.4, -0.2) is 24.6 Å². The van der Waals surface area contributed by atoms with Crippen LogP contribution in [0.25, 0.3) is 0 Å². The normalized spacial score (nSPS) is 22.3. The monoisotopic (exact) mass is 231 g/mol. The van der Waals surface area contributed by atoms with E-state index in [1.165, 1.54) is 0 Å². The highest BCUT2D eigenvalue weighted by Gasteiger charge is 2.18. The molecule has 2 rings (SSSR count). The van der Waals surface area contributed by atoms with Crippen LogP contribution in [0.5, 0.6) is 0 Å². The van der Waals surface area contributed by atoms with Crippen molar-refractivity contribution in [1.29, 1.82) is 0 Å². The second kappa shape index (κ2) is 4.45. The molecule has 5 heteroatoms. The summed E-state index contributed by atoms with van der Waals surface area (Å²) >= 11 is 11.9. The maximum absolute atomic E-state index is 6.04. The third-order valence-corrected chi connectivity index (χ3v) is 2.74. The van der Waals surface area contributed by atoms with Crippen LogP contribution in [-0.2, 0) is 0 Å². The number of rotatable bonds is 1. The average Bonchev–Trinajstić information content (AvgIpc) is 2.23. The Balaban J connectivity index is 2.24. The maximum Gasteiger partial charge on any atom is 0.129 e. The fourth-order valence-electron chi connectivity index (χ4n) is 1.52. The second-order valence-corrected chi connectivity index (χ2v) is 4.01. The van der Waals surface area contributed by atoms with Crippen molar-refractivity contribution in [2.75, 3.05) is 19.6 Å². The molecule has 14 heavy (non-hydrogen) atoms. The number of aromatic nitrogens is 1. The SMILES string of the molecule is Clc1ccc(Cl)c(C2CNCCN2)n1. The highest BCUT2D eigenvalue weighted by molar-refractivity contribution is 6.32. The van der Waals surface area contributed by atoms with Gasteiger partial charge in [-0.3, -0.25) is 0 Å². The summed E-state index contributed by atoms with van der Waals surface area (Å²) in [5.74, 6) is 0. The van der Waals surface area contributed by atoms with Crippen LogP contribution < -0.4 is 10.6 Å². The predicted molar refractivity (Wildman–Crippen MR) is 57.9 cm³/mol. The van der Waals surface area contributed by atoms with E-state index in [0.29, 0.717) is 10.2 Å². The first kappa shape index (κ1) is 10.2. The van der Waals surface area contributed by atoms with Gasteiger partial charge >= 0.3 is 0 Å². The highest BCUT2D eigenvalue weighted by atomic mass is 35.5. The van der Waals surface area contributed by atoms with Crippen molar-refractivity contribution in [3.63, 3.8) is 0 Å². The van der Waals surface area contributed by atoms with Gasteiger partial charge in [0, 0.05) is 19.6 Å². The quantitative estimate of drug-likeness (QED) is 0.722. The van der Waals surface area contributed by atoms with Crippen molar-refractivity contribution in [2.24, 2.45) is 0 Å². The Morgan fingerprint density at radius 1 is 1.29 bits per heavy atom. The summed E-state index contributed by atoms with van der Waals surface area (Å²) in [6.45, 7) is 2.75. The Labute approximate surface area is 92.8 Å². The minimum Gasteiger partial charge on any atom is -0.314 e. The van der Waals surface area contributed by atoms with Gasteiger partial charge in [0.25, 0.3) is 0 Å². The van der Waals surface area contributed by atoms with Crippen molar-refractivity contribution in [3.8, 4) is 0 Å². The van der Waals surface area contributed by atoms with E-state index in [-0.39, 0.29) is 6.04 Å². The maximum atomic E-state index is 6.04. The molecule has 0 amide bonds. The Morgan fingerprint density at radius 3 is 2.86 bits per heavy atom. The lowest BCUT2D eigenvalue weighted by Crippen LogP contribution is -2.43. The average molecular weight is 232 g/mol. The Kier molecular flexibility index (Phi) is 3.23. The summed E-state index contributed by atoms with van der Waals surface area (Å²) in [6.07, 6.45) is 0. The van der Waals surface area contributed by atoms with Crippen molar-refractivity contribution in [2.45, 2.75) is 6.04 Å². The van der Waals surface area contributed by atoms with E-state index < -0.39 is 0 Å². The molecule has 1 saturated heterocycles. The van der Waals surface area contributed by atoms with E-state index >= 15 is 0 Å². The van der Waals surface area contributed by atoms with E-state index in [0.717, 1.165) is 25.3 Å².